The number of carbonyl (C=O) groups is 1. The fraction of sp³-hybridized carbons (Fsp3) is 0.409. The molecule has 0 saturated heterocycles. The molecule has 0 radical (unpaired) electrons. The molecule has 6 heteroatoms. The quantitative estimate of drug-likeness (QED) is 0.674. The summed E-state index contributed by atoms with van der Waals surface area (Å²) in [6, 6.07) is 12.1. The third kappa shape index (κ3) is 4.68. The van der Waals surface area contributed by atoms with Gasteiger partial charge in [-0.3, -0.25) is 4.79 Å². The summed E-state index contributed by atoms with van der Waals surface area (Å²) in [6.07, 6.45) is 14.0. The van der Waals surface area contributed by atoms with Crippen molar-refractivity contribution >= 4 is 11.6 Å². The third-order valence-electron chi connectivity index (χ3n) is 5.68. The average molecular weight is 377 g/mol. The lowest BCUT2D eigenvalue weighted by Gasteiger charge is -2.37. The molecule has 0 bridgehead atoms. The smallest absolute Gasteiger partial charge is 0.224 e. The van der Waals surface area contributed by atoms with Crippen LogP contribution in [0.4, 0.5) is 5.69 Å². The van der Waals surface area contributed by atoms with E-state index >= 15 is 0 Å². The highest BCUT2D eigenvalue weighted by atomic mass is 16.1. The van der Waals surface area contributed by atoms with Crippen molar-refractivity contribution in [1.82, 2.24) is 19.3 Å². The molecule has 0 aliphatic heterocycles. The first-order valence-electron chi connectivity index (χ1n) is 10.0. The number of hydrogen-bond donors (Lipinski definition) is 1. The van der Waals surface area contributed by atoms with Gasteiger partial charge in [0.05, 0.1) is 6.54 Å². The second-order valence-corrected chi connectivity index (χ2v) is 7.93. The molecule has 1 fully saturated rings. The number of aromatic nitrogens is 4. The Bertz CT molecular complexity index is 862. The highest BCUT2D eigenvalue weighted by molar-refractivity contribution is 5.91. The maximum Gasteiger partial charge on any atom is 0.224 e. The molecular formula is C22H27N5O. The molecule has 1 aliphatic carbocycles. The lowest BCUT2D eigenvalue weighted by atomic mass is 9.71. The first kappa shape index (κ1) is 18.5. The van der Waals surface area contributed by atoms with Gasteiger partial charge >= 0.3 is 0 Å². The first-order valence-corrected chi connectivity index (χ1v) is 10.0. The molecule has 1 N–H and O–H groups in total. The molecular weight excluding hydrogens is 350 g/mol. The van der Waals surface area contributed by atoms with Crippen molar-refractivity contribution in [3.8, 4) is 0 Å². The van der Waals surface area contributed by atoms with Gasteiger partial charge in [-0.05, 0) is 48.1 Å². The lowest BCUT2D eigenvalue weighted by molar-refractivity contribution is -0.119. The number of hydrogen-bond acceptors (Lipinski definition) is 3. The Hall–Kier alpha value is -2.89. The highest BCUT2D eigenvalue weighted by Gasteiger charge is 2.34. The minimum absolute atomic E-state index is 0.0639. The summed E-state index contributed by atoms with van der Waals surface area (Å²) in [6.45, 7) is 1.60. The van der Waals surface area contributed by atoms with Gasteiger partial charge in [0.15, 0.2) is 0 Å². The van der Waals surface area contributed by atoms with Crippen molar-refractivity contribution in [1.29, 1.82) is 0 Å². The van der Waals surface area contributed by atoms with Crippen LogP contribution in [0.3, 0.4) is 0 Å². The molecule has 6 nitrogen and oxygen atoms in total. The predicted molar refractivity (Wildman–Crippen MR) is 109 cm³/mol. The summed E-state index contributed by atoms with van der Waals surface area (Å²) in [7, 11) is 0. The van der Waals surface area contributed by atoms with Crippen LogP contribution in [0.5, 0.6) is 0 Å². The van der Waals surface area contributed by atoms with Crippen LogP contribution in [0.1, 0.15) is 44.1 Å². The number of rotatable bonds is 7. The molecule has 146 valence electrons. The fourth-order valence-corrected chi connectivity index (χ4v) is 4.30. The van der Waals surface area contributed by atoms with E-state index in [2.05, 4.69) is 44.5 Å². The highest BCUT2D eigenvalue weighted by Crippen LogP contribution is 2.41. The molecule has 0 unspecified atom stereocenters. The maximum absolute atomic E-state index is 12.8. The Kier molecular flexibility index (Phi) is 5.55. The third-order valence-corrected chi connectivity index (χ3v) is 5.68. The van der Waals surface area contributed by atoms with Gasteiger partial charge in [-0.15, -0.1) is 0 Å². The van der Waals surface area contributed by atoms with Crippen LogP contribution in [-0.4, -0.2) is 25.2 Å². The van der Waals surface area contributed by atoms with Gasteiger partial charge in [-0.2, -0.15) is 5.10 Å². The van der Waals surface area contributed by atoms with Crippen molar-refractivity contribution in [3.05, 3.63) is 67.0 Å². The van der Waals surface area contributed by atoms with E-state index in [0.717, 1.165) is 30.6 Å². The number of carbonyl (C=O) groups excluding carboxylic acids is 1. The lowest BCUT2D eigenvalue weighted by Crippen LogP contribution is -2.33. The fourth-order valence-electron chi connectivity index (χ4n) is 4.30. The van der Waals surface area contributed by atoms with E-state index < -0.39 is 0 Å². The van der Waals surface area contributed by atoms with Gasteiger partial charge in [-0.25, -0.2) is 9.67 Å². The minimum atomic E-state index is 0.0639. The topological polar surface area (TPSA) is 64.7 Å². The van der Waals surface area contributed by atoms with E-state index in [0.29, 0.717) is 13.0 Å². The molecule has 28 heavy (non-hydrogen) atoms. The predicted octanol–water partition coefficient (Wildman–Crippen LogP) is 4.11. The summed E-state index contributed by atoms with van der Waals surface area (Å²) < 4.78 is 4.00. The SMILES string of the molecule is O=C(CC1(Cn2cccc2)CCCCC1)Nc1ccc(Cn2cncn2)cc1. The number of anilines is 1. The normalized spacial score (nSPS) is 16.0. The van der Waals surface area contributed by atoms with E-state index in [-0.39, 0.29) is 11.3 Å². The van der Waals surface area contributed by atoms with E-state index in [1.54, 1.807) is 11.0 Å². The van der Waals surface area contributed by atoms with Crippen LogP contribution in [-0.2, 0) is 17.9 Å². The van der Waals surface area contributed by atoms with E-state index in [1.807, 2.05) is 24.3 Å². The van der Waals surface area contributed by atoms with Crippen LogP contribution >= 0.6 is 0 Å². The van der Waals surface area contributed by atoms with Crippen LogP contribution in [0, 0.1) is 5.41 Å². The minimum Gasteiger partial charge on any atom is -0.354 e. The van der Waals surface area contributed by atoms with Crippen molar-refractivity contribution in [3.63, 3.8) is 0 Å². The van der Waals surface area contributed by atoms with Crippen molar-refractivity contribution < 1.29 is 4.79 Å². The van der Waals surface area contributed by atoms with Gasteiger partial charge in [0, 0.05) is 31.0 Å². The monoisotopic (exact) mass is 377 g/mol. The zero-order valence-electron chi connectivity index (χ0n) is 16.1. The molecule has 0 atom stereocenters. The maximum atomic E-state index is 12.8. The molecule has 2 aromatic heterocycles. The number of nitrogens with one attached hydrogen (secondary N) is 1. The van der Waals surface area contributed by atoms with Crippen molar-refractivity contribution in [2.24, 2.45) is 5.41 Å². The standard InChI is InChI=1S/C22H27N5O/c28-21(14-22(10-2-1-3-11-22)16-26-12-4-5-13-26)25-20-8-6-19(7-9-20)15-27-18-23-17-24-27/h4-9,12-13,17-18H,1-3,10-11,14-16H2,(H,25,28). The first-order chi connectivity index (χ1) is 13.7. The molecule has 1 aromatic carbocycles. The Morgan fingerprint density at radius 2 is 1.82 bits per heavy atom. The largest absolute Gasteiger partial charge is 0.354 e. The summed E-state index contributed by atoms with van der Waals surface area (Å²) >= 11 is 0. The summed E-state index contributed by atoms with van der Waals surface area (Å²) in [4.78, 5) is 16.8. The molecule has 3 aromatic rings. The van der Waals surface area contributed by atoms with Crippen LogP contribution in [0.2, 0.25) is 0 Å². The summed E-state index contributed by atoms with van der Waals surface area (Å²) in [5.41, 5.74) is 2.04. The van der Waals surface area contributed by atoms with E-state index in [9.17, 15) is 4.79 Å². The molecule has 1 amide bonds. The van der Waals surface area contributed by atoms with Gasteiger partial charge in [0.25, 0.3) is 0 Å². The molecule has 0 spiro atoms. The zero-order chi connectivity index (χ0) is 19.2. The Morgan fingerprint density at radius 3 is 2.50 bits per heavy atom. The van der Waals surface area contributed by atoms with Gasteiger partial charge in [0.2, 0.25) is 5.91 Å². The van der Waals surface area contributed by atoms with Gasteiger partial charge in [0.1, 0.15) is 12.7 Å². The Morgan fingerprint density at radius 1 is 1.07 bits per heavy atom. The molecule has 1 saturated carbocycles. The van der Waals surface area contributed by atoms with E-state index in [1.165, 1.54) is 25.6 Å². The molecule has 4 rings (SSSR count). The number of benzene rings is 1. The second kappa shape index (κ2) is 8.42. The average Bonchev–Trinajstić information content (AvgIpc) is 3.38. The molecule has 1 aliphatic rings. The summed E-state index contributed by atoms with van der Waals surface area (Å²) in [5.74, 6) is 0.109. The van der Waals surface area contributed by atoms with Crippen molar-refractivity contribution in [2.75, 3.05) is 5.32 Å². The Labute approximate surface area is 165 Å². The Balaban J connectivity index is 1.37. The number of nitrogens with zero attached hydrogens (tertiary/aromatic N) is 4. The van der Waals surface area contributed by atoms with Gasteiger partial charge in [-0.1, -0.05) is 31.4 Å². The second-order valence-electron chi connectivity index (χ2n) is 7.93. The van der Waals surface area contributed by atoms with E-state index in [4.69, 9.17) is 0 Å². The number of amides is 1. The van der Waals surface area contributed by atoms with Crippen LogP contribution in [0.25, 0.3) is 0 Å². The van der Waals surface area contributed by atoms with Crippen molar-refractivity contribution in [2.45, 2.75) is 51.6 Å². The molecule has 2 heterocycles. The van der Waals surface area contributed by atoms with Gasteiger partial charge < -0.3 is 9.88 Å². The van der Waals surface area contributed by atoms with Crippen LogP contribution in [0.15, 0.2) is 61.4 Å². The summed E-state index contributed by atoms with van der Waals surface area (Å²) in [5, 5.41) is 7.22. The van der Waals surface area contributed by atoms with Crippen LogP contribution < -0.4 is 5.32 Å². The zero-order valence-corrected chi connectivity index (χ0v) is 16.1.